The highest BCUT2D eigenvalue weighted by molar-refractivity contribution is 7.89. The first-order chi connectivity index (χ1) is 18.4. The topological polar surface area (TPSA) is 55.2 Å². The van der Waals surface area contributed by atoms with E-state index in [9.17, 15) is 12.8 Å². The van der Waals surface area contributed by atoms with Gasteiger partial charge in [0, 0.05) is 51.9 Å². The summed E-state index contributed by atoms with van der Waals surface area (Å²) in [4.78, 5) is 4.61. The minimum atomic E-state index is -3.68. The summed E-state index contributed by atoms with van der Waals surface area (Å²) >= 11 is 6.36. The molecule has 3 heterocycles. The molecular weight excluding hydrogens is 521 g/mol. The number of halogens is 2. The molecule has 0 atom stereocenters. The number of para-hydroxylation sites is 2. The van der Waals surface area contributed by atoms with Crippen LogP contribution in [0.3, 0.4) is 0 Å². The molecule has 0 unspecified atom stereocenters. The van der Waals surface area contributed by atoms with E-state index in [2.05, 4.69) is 22.5 Å². The molecule has 8 heteroatoms. The molecule has 0 saturated carbocycles. The van der Waals surface area contributed by atoms with Crippen LogP contribution < -0.4 is 0 Å². The average molecular weight is 548 g/mol. The van der Waals surface area contributed by atoms with Crippen molar-refractivity contribution in [1.82, 2.24) is 13.9 Å². The predicted molar refractivity (Wildman–Crippen MR) is 150 cm³/mol. The van der Waals surface area contributed by atoms with E-state index in [4.69, 9.17) is 11.6 Å². The number of hydrogen-bond donors (Lipinski definition) is 0. The lowest BCUT2D eigenvalue weighted by Gasteiger charge is -2.32. The Kier molecular flexibility index (Phi) is 6.46. The Morgan fingerprint density at radius 1 is 0.974 bits per heavy atom. The maximum absolute atomic E-state index is 14.7. The van der Waals surface area contributed by atoms with Gasteiger partial charge in [0.2, 0.25) is 10.0 Å². The fourth-order valence-electron chi connectivity index (χ4n) is 5.83. The Hall–Kier alpha value is -3.26. The highest BCUT2D eigenvalue weighted by Crippen LogP contribution is 2.39. The first kappa shape index (κ1) is 25.0. The van der Waals surface area contributed by atoms with Crippen molar-refractivity contribution in [3.63, 3.8) is 0 Å². The molecule has 1 fully saturated rings. The van der Waals surface area contributed by atoms with E-state index >= 15 is 0 Å². The first-order valence-electron chi connectivity index (χ1n) is 12.7. The Morgan fingerprint density at radius 2 is 1.71 bits per heavy atom. The van der Waals surface area contributed by atoms with Crippen LogP contribution in [0.2, 0.25) is 5.02 Å². The van der Waals surface area contributed by atoms with Gasteiger partial charge in [0.15, 0.2) is 0 Å². The van der Waals surface area contributed by atoms with Crippen molar-refractivity contribution >= 4 is 43.4 Å². The van der Waals surface area contributed by atoms with Gasteiger partial charge in [0.1, 0.15) is 10.7 Å². The zero-order valence-corrected chi connectivity index (χ0v) is 22.5. The molecule has 0 aliphatic carbocycles. The summed E-state index contributed by atoms with van der Waals surface area (Å²) in [6.07, 6.45) is 3.03. The minimum Gasteiger partial charge on any atom is -0.340 e. The summed E-state index contributed by atoms with van der Waals surface area (Å²) in [5, 5.41) is 2.34. The summed E-state index contributed by atoms with van der Waals surface area (Å²) in [6, 6.07) is 21.9. The second kappa shape index (κ2) is 9.80. The van der Waals surface area contributed by atoms with E-state index in [-0.39, 0.29) is 16.6 Å². The van der Waals surface area contributed by atoms with Crippen LogP contribution in [0.15, 0.2) is 83.9 Å². The van der Waals surface area contributed by atoms with Crippen LogP contribution in [-0.4, -0.2) is 35.4 Å². The molecule has 0 N–H and O–H groups in total. The van der Waals surface area contributed by atoms with Crippen molar-refractivity contribution in [2.45, 2.75) is 37.1 Å². The fraction of sp³-hybridized carbons (Fsp3) is 0.233. The molecule has 1 aliphatic heterocycles. The highest BCUT2D eigenvalue weighted by atomic mass is 35.5. The molecule has 6 rings (SSSR count). The SMILES string of the molecule is Cc1c(C2CCN(S(=O)(=O)c3cccc4cccnc34)CC2)c2ccccc2n1Cc1c(F)cccc1Cl. The summed E-state index contributed by atoms with van der Waals surface area (Å²) in [6.45, 7) is 3.25. The fourth-order valence-corrected chi connectivity index (χ4v) is 7.68. The number of nitrogens with zero attached hydrogens (tertiary/aromatic N) is 3. The number of hydrogen-bond acceptors (Lipinski definition) is 3. The normalized spacial score (nSPS) is 15.4. The van der Waals surface area contributed by atoms with E-state index in [0.29, 0.717) is 48.6 Å². The lowest BCUT2D eigenvalue weighted by Crippen LogP contribution is -2.38. The van der Waals surface area contributed by atoms with Gasteiger partial charge in [-0.1, -0.05) is 54.1 Å². The van der Waals surface area contributed by atoms with Gasteiger partial charge in [0.05, 0.1) is 12.1 Å². The van der Waals surface area contributed by atoms with Gasteiger partial charge in [0.25, 0.3) is 0 Å². The smallest absolute Gasteiger partial charge is 0.245 e. The van der Waals surface area contributed by atoms with Crippen molar-refractivity contribution in [2.24, 2.45) is 0 Å². The van der Waals surface area contributed by atoms with E-state index in [1.54, 1.807) is 34.8 Å². The number of pyridine rings is 1. The van der Waals surface area contributed by atoms with Crippen molar-refractivity contribution in [2.75, 3.05) is 13.1 Å². The van der Waals surface area contributed by atoms with Crippen molar-refractivity contribution in [3.8, 4) is 0 Å². The maximum Gasteiger partial charge on any atom is 0.245 e. The summed E-state index contributed by atoms with van der Waals surface area (Å²) < 4.78 is 45.6. The molecule has 1 saturated heterocycles. The van der Waals surface area contributed by atoms with Crippen LogP contribution in [-0.2, 0) is 16.6 Å². The highest BCUT2D eigenvalue weighted by Gasteiger charge is 2.33. The van der Waals surface area contributed by atoms with Crippen LogP contribution in [0, 0.1) is 12.7 Å². The molecule has 3 aromatic carbocycles. The molecule has 5 nitrogen and oxygen atoms in total. The second-order valence-electron chi connectivity index (χ2n) is 9.81. The van der Waals surface area contributed by atoms with Gasteiger partial charge >= 0.3 is 0 Å². The molecule has 194 valence electrons. The maximum atomic E-state index is 14.7. The zero-order chi connectivity index (χ0) is 26.4. The van der Waals surface area contributed by atoms with Gasteiger partial charge < -0.3 is 4.57 Å². The Labute approximate surface area is 226 Å². The molecular formula is C30H27ClFN3O2S. The Morgan fingerprint density at radius 3 is 2.50 bits per heavy atom. The summed E-state index contributed by atoms with van der Waals surface area (Å²) in [7, 11) is -3.68. The van der Waals surface area contributed by atoms with Crippen LogP contribution in [0.5, 0.6) is 0 Å². The third kappa shape index (κ3) is 4.19. The zero-order valence-electron chi connectivity index (χ0n) is 20.9. The molecule has 0 bridgehead atoms. The molecule has 1 aliphatic rings. The molecule has 5 aromatic rings. The Balaban J connectivity index is 1.31. The number of sulfonamides is 1. The third-order valence-electron chi connectivity index (χ3n) is 7.73. The predicted octanol–water partition coefficient (Wildman–Crippen LogP) is 6.91. The number of aromatic nitrogens is 2. The second-order valence-corrected chi connectivity index (χ2v) is 12.1. The largest absolute Gasteiger partial charge is 0.340 e. The lowest BCUT2D eigenvalue weighted by molar-refractivity contribution is 0.320. The Bertz CT molecular complexity index is 1750. The van der Waals surface area contributed by atoms with E-state index < -0.39 is 10.0 Å². The van der Waals surface area contributed by atoms with Crippen molar-refractivity contribution in [3.05, 3.63) is 107 Å². The summed E-state index contributed by atoms with van der Waals surface area (Å²) in [5.41, 5.74) is 4.26. The van der Waals surface area contributed by atoms with Crippen LogP contribution in [0.25, 0.3) is 21.8 Å². The number of rotatable bonds is 5. The molecule has 0 radical (unpaired) electrons. The number of fused-ring (bicyclic) bond motifs is 2. The van der Waals surface area contributed by atoms with Gasteiger partial charge in [-0.15, -0.1) is 0 Å². The third-order valence-corrected chi connectivity index (χ3v) is 10.0. The van der Waals surface area contributed by atoms with Crippen LogP contribution >= 0.6 is 11.6 Å². The standard InChI is InChI=1S/C30H27ClFN3O2S/c1-20-29(23-9-2-3-12-27(23)35(20)19-24-25(31)10-5-11-26(24)32)21-14-17-34(18-15-21)38(36,37)28-13-4-7-22-8-6-16-33-30(22)28/h2-13,16,21H,14-15,17-19H2,1H3. The van der Waals surface area contributed by atoms with E-state index in [1.807, 2.05) is 36.4 Å². The number of benzene rings is 3. The molecule has 0 amide bonds. The van der Waals surface area contributed by atoms with Crippen LogP contribution in [0.1, 0.15) is 35.6 Å². The summed E-state index contributed by atoms with van der Waals surface area (Å²) in [5.74, 6) is -0.132. The molecule has 38 heavy (non-hydrogen) atoms. The minimum absolute atomic E-state index is 0.189. The first-order valence-corrected chi connectivity index (χ1v) is 14.5. The van der Waals surface area contributed by atoms with E-state index in [0.717, 1.165) is 22.0 Å². The van der Waals surface area contributed by atoms with Crippen LogP contribution in [0.4, 0.5) is 4.39 Å². The number of piperidine rings is 1. The monoisotopic (exact) mass is 547 g/mol. The van der Waals surface area contributed by atoms with Crippen molar-refractivity contribution < 1.29 is 12.8 Å². The van der Waals surface area contributed by atoms with Gasteiger partial charge in [-0.05, 0) is 61.6 Å². The van der Waals surface area contributed by atoms with Gasteiger partial charge in [-0.3, -0.25) is 4.98 Å². The van der Waals surface area contributed by atoms with Crippen molar-refractivity contribution in [1.29, 1.82) is 0 Å². The quantitative estimate of drug-likeness (QED) is 0.240. The van der Waals surface area contributed by atoms with Gasteiger partial charge in [-0.25, -0.2) is 12.8 Å². The molecule has 0 spiro atoms. The van der Waals surface area contributed by atoms with E-state index in [1.165, 1.54) is 11.6 Å². The lowest BCUT2D eigenvalue weighted by atomic mass is 9.88. The average Bonchev–Trinajstić information content (AvgIpc) is 3.21. The molecule has 2 aromatic heterocycles. The van der Waals surface area contributed by atoms with Gasteiger partial charge in [-0.2, -0.15) is 4.31 Å².